The first-order valence-corrected chi connectivity index (χ1v) is 13.4. The van der Waals surface area contributed by atoms with Gasteiger partial charge in [-0.05, 0) is 73.2 Å². The number of nitrogens with zero attached hydrogens (tertiary/aromatic N) is 2. The molecule has 9 heteroatoms. The van der Waals surface area contributed by atoms with Gasteiger partial charge in [0.15, 0.2) is 6.10 Å². The summed E-state index contributed by atoms with van der Waals surface area (Å²) in [6, 6.07) is 24.4. The summed E-state index contributed by atoms with van der Waals surface area (Å²) in [6.45, 7) is 2.61. The zero-order valence-corrected chi connectivity index (χ0v) is 22.4. The van der Waals surface area contributed by atoms with E-state index >= 15 is 0 Å². The third kappa shape index (κ3) is 4.56. The number of anilines is 2. The number of hydroxylamine groups is 1. The maximum Gasteiger partial charge on any atom is 0.266 e. The summed E-state index contributed by atoms with van der Waals surface area (Å²) in [4.78, 5) is 34.8. The second-order valence-corrected chi connectivity index (χ2v) is 10.2. The number of halogens is 2. The van der Waals surface area contributed by atoms with Crippen molar-refractivity contribution in [2.75, 3.05) is 16.6 Å². The van der Waals surface area contributed by atoms with E-state index in [4.69, 9.17) is 37.2 Å². The number of furan rings is 1. The standard InChI is InChI=1S/C30H24Cl2N2O5/c1-2-16-37-21-11-9-19(10-12-21)33-29(35)26-27(34(39-28(26)30(33)36)20-6-4-3-5-7-20)25-15-14-24(38-25)18-8-13-22(31)23(32)17-18/h3-15,17,26-28H,2,16H2,1H3/t26-,27-,28+/m0/s1. The van der Waals surface area contributed by atoms with Gasteiger partial charge in [0.05, 0.1) is 28.0 Å². The molecule has 2 amide bonds. The maximum atomic E-state index is 13.9. The molecule has 0 saturated carbocycles. The van der Waals surface area contributed by atoms with Crippen molar-refractivity contribution in [1.29, 1.82) is 0 Å². The SMILES string of the molecule is CCCOc1ccc(N2C(=O)[C@@H]3[C@@H](ON(c4ccccc4)[C@H]3c3ccc(-c4ccc(Cl)c(Cl)c4)o3)C2=O)cc1. The third-order valence-corrected chi connectivity index (χ3v) is 7.56. The minimum absolute atomic E-state index is 0.358. The highest BCUT2D eigenvalue weighted by Gasteiger charge is 2.61. The van der Waals surface area contributed by atoms with Crippen LogP contribution in [-0.2, 0) is 14.4 Å². The summed E-state index contributed by atoms with van der Waals surface area (Å²) < 4.78 is 11.9. The van der Waals surface area contributed by atoms with Crippen molar-refractivity contribution in [3.8, 4) is 17.1 Å². The molecule has 0 aliphatic carbocycles. The summed E-state index contributed by atoms with van der Waals surface area (Å²) >= 11 is 12.3. The van der Waals surface area contributed by atoms with E-state index in [2.05, 4.69) is 0 Å². The number of carbonyl (C=O) groups excluding carboxylic acids is 2. The van der Waals surface area contributed by atoms with Crippen molar-refractivity contribution in [2.45, 2.75) is 25.5 Å². The Labute approximate surface area is 235 Å². The van der Waals surface area contributed by atoms with Crippen LogP contribution in [0.3, 0.4) is 0 Å². The first-order valence-electron chi connectivity index (χ1n) is 12.6. The number of imide groups is 1. The Hall–Kier alpha value is -3.78. The molecule has 6 rings (SSSR count). The van der Waals surface area contributed by atoms with Gasteiger partial charge in [0.2, 0.25) is 5.91 Å². The number of hydrogen-bond acceptors (Lipinski definition) is 6. The smallest absolute Gasteiger partial charge is 0.266 e. The molecule has 3 aromatic carbocycles. The Bertz CT molecular complexity index is 1520. The van der Waals surface area contributed by atoms with Gasteiger partial charge in [-0.15, -0.1) is 0 Å². The van der Waals surface area contributed by atoms with Crippen LogP contribution in [0.5, 0.6) is 5.75 Å². The number of para-hydroxylation sites is 1. The lowest BCUT2D eigenvalue weighted by Gasteiger charge is -2.27. The highest BCUT2D eigenvalue weighted by atomic mass is 35.5. The van der Waals surface area contributed by atoms with Crippen LogP contribution in [0.1, 0.15) is 25.1 Å². The zero-order chi connectivity index (χ0) is 27.1. The van der Waals surface area contributed by atoms with E-state index in [0.29, 0.717) is 45.3 Å². The number of benzene rings is 3. The molecule has 1 aromatic heterocycles. The van der Waals surface area contributed by atoms with Crippen molar-refractivity contribution in [3.63, 3.8) is 0 Å². The zero-order valence-electron chi connectivity index (χ0n) is 20.9. The van der Waals surface area contributed by atoms with E-state index in [1.807, 2.05) is 37.3 Å². The predicted molar refractivity (Wildman–Crippen MR) is 149 cm³/mol. The first kappa shape index (κ1) is 25.5. The third-order valence-electron chi connectivity index (χ3n) is 6.82. The van der Waals surface area contributed by atoms with Crippen LogP contribution < -0.4 is 14.7 Å². The largest absolute Gasteiger partial charge is 0.494 e. The summed E-state index contributed by atoms with van der Waals surface area (Å²) in [5.74, 6) is 0.112. The number of ether oxygens (including phenoxy) is 1. The second-order valence-electron chi connectivity index (χ2n) is 9.34. The summed E-state index contributed by atoms with van der Waals surface area (Å²) in [5.41, 5.74) is 1.90. The normalized spacial score (nSPS) is 20.5. The lowest BCUT2D eigenvalue weighted by molar-refractivity contribution is -0.126. The second kappa shape index (κ2) is 10.4. The summed E-state index contributed by atoms with van der Waals surface area (Å²) in [7, 11) is 0. The van der Waals surface area contributed by atoms with Gasteiger partial charge < -0.3 is 9.15 Å². The highest BCUT2D eigenvalue weighted by Crippen LogP contribution is 2.48. The predicted octanol–water partition coefficient (Wildman–Crippen LogP) is 7.09. The van der Waals surface area contributed by atoms with Crippen LogP contribution in [-0.4, -0.2) is 24.5 Å². The maximum absolute atomic E-state index is 13.9. The van der Waals surface area contributed by atoms with E-state index < -0.39 is 24.0 Å². The number of fused-ring (bicyclic) bond motifs is 1. The number of rotatable bonds is 7. The molecule has 0 N–H and O–H groups in total. The molecule has 198 valence electrons. The number of amides is 2. The Morgan fingerprint density at radius 2 is 1.62 bits per heavy atom. The molecule has 2 aliphatic rings. The van der Waals surface area contributed by atoms with Crippen molar-refractivity contribution in [2.24, 2.45) is 5.92 Å². The Balaban J connectivity index is 1.36. The van der Waals surface area contributed by atoms with Crippen LogP contribution in [0, 0.1) is 5.92 Å². The quantitative estimate of drug-likeness (QED) is 0.224. The molecule has 2 saturated heterocycles. The average Bonchev–Trinajstić information content (AvgIpc) is 3.65. The van der Waals surface area contributed by atoms with Crippen molar-refractivity contribution in [1.82, 2.24) is 0 Å². The molecule has 0 unspecified atom stereocenters. The van der Waals surface area contributed by atoms with Crippen LogP contribution in [0.4, 0.5) is 11.4 Å². The molecule has 2 aliphatic heterocycles. The molecule has 39 heavy (non-hydrogen) atoms. The molecule has 7 nitrogen and oxygen atoms in total. The van der Waals surface area contributed by atoms with E-state index in [1.165, 1.54) is 4.90 Å². The van der Waals surface area contributed by atoms with E-state index in [-0.39, 0.29) is 5.91 Å². The fraction of sp³-hybridized carbons (Fsp3) is 0.200. The fourth-order valence-electron chi connectivity index (χ4n) is 4.98. The molecule has 2 fully saturated rings. The van der Waals surface area contributed by atoms with Gasteiger partial charge >= 0.3 is 0 Å². The topological polar surface area (TPSA) is 72.2 Å². The van der Waals surface area contributed by atoms with Crippen LogP contribution >= 0.6 is 23.2 Å². The van der Waals surface area contributed by atoms with Gasteiger partial charge in [-0.1, -0.05) is 48.3 Å². The van der Waals surface area contributed by atoms with Crippen LogP contribution in [0.2, 0.25) is 10.0 Å². The van der Waals surface area contributed by atoms with Gasteiger partial charge in [0, 0.05) is 5.56 Å². The lowest BCUT2D eigenvalue weighted by Crippen LogP contribution is -2.37. The van der Waals surface area contributed by atoms with Gasteiger partial charge in [0.25, 0.3) is 5.91 Å². The number of hydrogen-bond donors (Lipinski definition) is 0. The molecule has 4 aromatic rings. The molecule has 0 radical (unpaired) electrons. The van der Waals surface area contributed by atoms with Gasteiger partial charge in [0.1, 0.15) is 29.2 Å². The molecule has 3 heterocycles. The van der Waals surface area contributed by atoms with Crippen molar-refractivity contribution in [3.05, 3.63) is 101 Å². The molecular formula is C30H24Cl2N2O5. The lowest BCUT2D eigenvalue weighted by atomic mass is 9.94. The van der Waals surface area contributed by atoms with Gasteiger partial charge in [-0.25, -0.2) is 9.96 Å². The molecular weight excluding hydrogens is 539 g/mol. The van der Waals surface area contributed by atoms with Gasteiger partial charge in [-0.2, -0.15) is 0 Å². The minimum atomic E-state index is -1.00. The van der Waals surface area contributed by atoms with Crippen LogP contribution in [0.15, 0.2) is 89.3 Å². The van der Waals surface area contributed by atoms with Crippen molar-refractivity contribution >= 4 is 46.4 Å². The minimum Gasteiger partial charge on any atom is -0.494 e. The van der Waals surface area contributed by atoms with Gasteiger partial charge in [-0.3, -0.25) is 14.4 Å². The van der Waals surface area contributed by atoms with Crippen LogP contribution in [0.25, 0.3) is 11.3 Å². The first-order chi connectivity index (χ1) is 19.0. The Kier molecular flexibility index (Phi) is 6.81. The average molecular weight is 563 g/mol. The van der Waals surface area contributed by atoms with E-state index in [9.17, 15) is 9.59 Å². The van der Waals surface area contributed by atoms with E-state index in [1.54, 1.807) is 59.7 Å². The molecule has 3 atom stereocenters. The summed E-state index contributed by atoms with van der Waals surface area (Å²) in [6.07, 6.45) is -0.123. The summed E-state index contributed by atoms with van der Waals surface area (Å²) in [5, 5.41) is 2.44. The Morgan fingerprint density at radius 1 is 0.846 bits per heavy atom. The highest BCUT2D eigenvalue weighted by molar-refractivity contribution is 6.42. The molecule has 0 bridgehead atoms. The van der Waals surface area contributed by atoms with Crippen molar-refractivity contribution < 1.29 is 23.6 Å². The molecule has 0 spiro atoms. The fourth-order valence-corrected chi connectivity index (χ4v) is 5.28. The monoisotopic (exact) mass is 562 g/mol. The Morgan fingerprint density at radius 3 is 2.33 bits per heavy atom. The van der Waals surface area contributed by atoms with E-state index in [0.717, 1.165) is 12.0 Å². The number of carbonyl (C=O) groups is 2.